The van der Waals surface area contributed by atoms with Crippen molar-refractivity contribution < 1.29 is 23.1 Å². The zero-order chi connectivity index (χ0) is 13.5. The minimum atomic E-state index is -3.27. The van der Waals surface area contributed by atoms with Crippen LogP contribution in [0.15, 0.2) is 0 Å². The first-order chi connectivity index (χ1) is 7.73. The Hall–Kier alpha value is -0.760. The molecule has 0 saturated heterocycles. The van der Waals surface area contributed by atoms with Crippen molar-refractivity contribution in [2.24, 2.45) is 5.73 Å². The van der Waals surface area contributed by atoms with E-state index in [-0.39, 0.29) is 29.6 Å². The van der Waals surface area contributed by atoms with Crippen molar-refractivity contribution in [2.75, 3.05) is 17.3 Å². The van der Waals surface area contributed by atoms with Gasteiger partial charge in [0.25, 0.3) is 0 Å². The first-order valence-electron chi connectivity index (χ1n) is 5.05. The van der Waals surface area contributed by atoms with Gasteiger partial charge >= 0.3 is 5.97 Å². The number of carbonyl (C=O) groups excluding carboxylic acids is 1. The summed E-state index contributed by atoms with van der Waals surface area (Å²) in [5.41, 5.74) is 4.86. The number of aliphatic carboxylic acids is 1. The predicted molar refractivity (Wildman–Crippen MR) is 66.6 cm³/mol. The van der Waals surface area contributed by atoms with Crippen LogP contribution < -0.4 is 5.73 Å². The normalized spacial score (nSPS) is 13.2. The van der Waals surface area contributed by atoms with E-state index in [1.54, 1.807) is 6.92 Å². The highest BCUT2D eigenvalue weighted by atomic mass is 32.2. The number of carboxylic acid groups (broad SMARTS) is 1. The van der Waals surface area contributed by atoms with E-state index in [2.05, 4.69) is 0 Å². The average Bonchev–Trinajstić information content (AvgIpc) is 2.13. The van der Waals surface area contributed by atoms with Crippen LogP contribution in [-0.4, -0.2) is 47.9 Å². The van der Waals surface area contributed by atoms with Gasteiger partial charge in [0.1, 0.15) is 0 Å². The third-order valence-corrected chi connectivity index (χ3v) is 5.00. The van der Waals surface area contributed by atoms with Gasteiger partial charge in [-0.25, -0.2) is 8.42 Å². The molecule has 0 heterocycles. The Morgan fingerprint density at radius 1 is 1.35 bits per heavy atom. The molecule has 1 unspecified atom stereocenters. The fourth-order valence-electron chi connectivity index (χ4n) is 1.04. The molecule has 8 heteroatoms. The molecular formula is C9H17NO5S2. The number of thioether (sulfide) groups is 1. The van der Waals surface area contributed by atoms with E-state index in [0.29, 0.717) is 5.75 Å². The van der Waals surface area contributed by atoms with Crippen LogP contribution in [0.2, 0.25) is 0 Å². The maximum atomic E-state index is 11.4. The lowest BCUT2D eigenvalue weighted by Gasteiger charge is -2.08. The Kier molecular flexibility index (Phi) is 7.21. The minimum Gasteiger partial charge on any atom is -0.481 e. The molecule has 100 valence electrons. The van der Waals surface area contributed by atoms with E-state index in [0.717, 1.165) is 0 Å². The molecule has 0 aromatic heterocycles. The summed E-state index contributed by atoms with van der Waals surface area (Å²) >= 11 is 1.29. The van der Waals surface area contributed by atoms with Crippen molar-refractivity contribution in [2.45, 2.75) is 25.0 Å². The van der Waals surface area contributed by atoms with E-state index in [1.165, 1.54) is 11.8 Å². The van der Waals surface area contributed by atoms with Crippen molar-refractivity contribution in [3.05, 3.63) is 0 Å². The summed E-state index contributed by atoms with van der Waals surface area (Å²) in [4.78, 5) is 20.8. The van der Waals surface area contributed by atoms with Crippen LogP contribution in [0.5, 0.6) is 0 Å². The van der Waals surface area contributed by atoms with Gasteiger partial charge in [-0.15, -0.1) is 0 Å². The molecule has 1 atom stereocenters. The zero-order valence-corrected chi connectivity index (χ0v) is 11.2. The van der Waals surface area contributed by atoms with Gasteiger partial charge in [-0.05, 0) is 0 Å². The van der Waals surface area contributed by atoms with Gasteiger partial charge in [-0.3, -0.25) is 9.59 Å². The second-order valence-electron chi connectivity index (χ2n) is 3.65. The predicted octanol–water partition coefficient (Wildman–Crippen LogP) is -0.127. The SMILES string of the molecule is CC(CC(=O)O)SCCS(=O)(=O)CCC(N)=O. The molecule has 0 aromatic rings. The highest BCUT2D eigenvalue weighted by Crippen LogP contribution is 2.14. The molecule has 0 aliphatic rings. The summed E-state index contributed by atoms with van der Waals surface area (Å²) in [5, 5.41) is 8.38. The number of carbonyl (C=O) groups is 2. The van der Waals surface area contributed by atoms with Crippen molar-refractivity contribution in [1.82, 2.24) is 0 Å². The molecule has 0 radical (unpaired) electrons. The van der Waals surface area contributed by atoms with Crippen molar-refractivity contribution in [1.29, 1.82) is 0 Å². The monoisotopic (exact) mass is 283 g/mol. The lowest BCUT2D eigenvalue weighted by Crippen LogP contribution is -2.20. The van der Waals surface area contributed by atoms with Crippen LogP contribution in [0.4, 0.5) is 0 Å². The molecule has 0 saturated carbocycles. The minimum absolute atomic E-state index is 0.00595. The van der Waals surface area contributed by atoms with Gasteiger partial charge in [0.2, 0.25) is 5.91 Å². The Bertz CT molecular complexity index is 366. The zero-order valence-electron chi connectivity index (χ0n) is 9.59. The number of sulfone groups is 1. The van der Waals surface area contributed by atoms with Gasteiger partial charge in [0.05, 0.1) is 17.9 Å². The van der Waals surface area contributed by atoms with Crippen molar-refractivity contribution in [3.8, 4) is 0 Å². The Morgan fingerprint density at radius 3 is 2.41 bits per heavy atom. The Balaban J connectivity index is 3.87. The summed E-state index contributed by atoms with van der Waals surface area (Å²) < 4.78 is 22.8. The molecule has 0 aliphatic carbocycles. The van der Waals surface area contributed by atoms with E-state index in [4.69, 9.17) is 10.8 Å². The number of rotatable bonds is 9. The fourth-order valence-corrected chi connectivity index (χ4v) is 3.82. The third kappa shape index (κ3) is 10.1. The van der Waals surface area contributed by atoms with Crippen LogP contribution >= 0.6 is 11.8 Å². The summed E-state index contributed by atoms with van der Waals surface area (Å²) in [6, 6.07) is 0. The number of hydrogen-bond donors (Lipinski definition) is 2. The molecule has 0 fully saturated rings. The summed E-state index contributed by atoms with van der Waals surface area (Å²) in [6.07, 6.45) is -0.163. The lowest BCUT2D eigenvalue weighted by molar-refractivity contribution is -0.136. The second-order valence-corrected chi connectivity index (χ2v) is 7.50. The molecule has 17 heavy (non-hydrogen) atoms. The Labute approximate surface area is 105 Å². The van der Waals surface area contributed by atoms with E-state index < -0.39 is 21.7 Å². The van der Waals surface area contributed by atoms with Crippen LogP contribution in [0.1, 0.15) is 19.8 Å². The summed E-state index contributed by atoms with van der Waals surface area (Å²) in [7, 11) is -3.27. The Morgan fingerprint density at radius 2 is 1.94 bits per heavy atom. The van der Waals surface area contributed by atoms with Crippen LogP contribution in [-0.2, 0) is 19.4 Å². The van der Waals surface area contributed by atoms with Gasteiger partial charge in [-0.2, -0.15) is 11.8 Å². The molecule has 0 rings (SSSR count). The maximum absolute atomic E-state index is 11.4. The third-order valence-electron chi connectivity index (χ3n) is 1.92. The highest BCUT2D eigenvalue weighted by Gasteiger charge is 2.14. The van der Waals surface area contributed by atoms with E-state index >= 15 is 0 Å². The lowest BCUT2D eigenvalue weighted by atomic mass is 10.3. The molecule has 3 N–H and O–H groups in total. The number of primary amides is 1. The van der Waals surface area contributed by atoms with E-state index in [1.807, 2.05) is 0 Å². The quantitative estimate of drug-likeness (QED) is 0.609. The van der Waals surface area contributed by atoms with Gasteiger partial charge < -0.3 is 10.8 Å². The molecule has 0 aromatic carbocycles. The van der Waals surface area contributed by atoms with Crippen molar-refractivity contribution in [3.63, 3.8) is 0 Å². The van der Waals surface area contributed by atoms with Crippen LogP contribution in [0.3, 0.4) is 0 Å². The number of amides is 1. The van der Waals surface area contributed by atoms with Gasteiger partial charge in [0.15, 0.2) is 9.84 Å². The maximum Gasteiger partial charge on any atom is 0.304 e. The number of hydrogen-bond acceptors (Lipinski definition) is 5. The van der Waals surface area contributed by atoms with Crippen LogP contribution in [0, 0.1) is 0 Å². The summed E-state index contributed by atoms with van der Waals surface area (Å²) in [6.45, 7) is 1.73. The standard InChI is InChI=1S/C9H17NO5S2/c1-7(6-9(12)13)16-3-5-17(14,15)4-2-8(10)11/h7H,2-6H2,1H3,(H2,10,11)(H,12,13). The topological polar surface area (TPSA) is 115 Å². The molecule has 0 bridgehead atoms. The molecule has 1 amide bonds. The molecule has 6 nitrogen and oxygen atoms in total. The van der Waals surface area contributed by atoms with Gasteiger partial charge in [0, 0.05) is 17.4 Å². The second kappa shape index (κ2) is 7.54. The molecular weight excluding hydrogens is 266 g/mol. The molecule has 0 aliphatic heterocycles. The highest BCUT2D eigenvalue weighted by molar-refractivity contribution is 8.01. The first-order valence-corrected chi connectivity index (χ1v) is 7.92. The van der Waals surface area contributed by atoms with Gasteiger partial charge in [-0.1, -0.05) is 6.92 Å². The largest absolute Gasteiger partial charge is 0.481 e. The average molecular weight is 283 g/mol. The molecule has 0 spiro atoms. The number of nitrogens with two attached hydrogens (primary N) is 1. The first kappa shape index (κ1) is 16.2. The fraction of sp³-hybridized carbons (Fsp3) is 0.778. The van der Waals surface area contributed by atoms with Crippen LogP contribution in [0.25, 0.3) is 0 Å². The summed E-state index contributed by atoms with van der Waals surface area (Å²) in [5.74, 6) is -1.51. The van der Waals surface area contributed by atoms with E-state index in [9.17, 15) is 18.0 Å². The number of carboxylic acids is 1. The smallest absolute Gasteiger partial charge is 0.304 e. The van der Waals surface area contributed by atoms with Crippen molar-refractivity contribution >= 4 is 33.5 Å².